The Labute approximate surface area is 324 Å². The van der Waals surface area contributed by atoms with Crippen LogP contribution in [0, 0.1) is 38.7 Å². The molecule has 15 heteroatoms. The summed E-state index contributed by atoms with van der Waals surface area (Å²) in [6.07, 6.45) is -1.60. The number of carboxylic acid groups (broad SMARTS) is 2. The first-order valence-electron chi connectivity index (χ1n) is 11.1. The number of carboxylic acids is 2. The van der Waals surface area contributed by atoms with E-state index >= 15 is 0 Å². The summed E-state index contributed by atoms with van der Waals surface area (Å²) in [6.45, 7) is 19.7. The maximum atomic E-state index is 12.4. The number of hydrogen-bond acceptors (Lipinski definition) is 8. The van der Waals surface area contributed by atoms with Crippen molar-refractivity contribution in [1.82, 2.24) is 0 Å². The van der Waals surface area contributed by atoms with E-state index in [1.165, 1.54) is 32.0 Å². The molecule has 0 aliphatic carbocycles. The van der Waals surface area contributed by atoms with Crippen molar-refractivity contribution in [2.45, 2.75) is 52.4 Å². The van der Waals surface area contributed by atoms with Gasteiger partial charge in [0.15, 0.2) is 11.4 Å². The summed E-state index contributed by atoms with van der Waals surface area (Å²) in [5, 5.41) is 43.3. The summed E-state index contributed by atoms with van der Waals surface area (Å²) in [5.74, 6) is -3.29. The summed E-state index contributed by atoms with van der Waals surface area (Å²) in [6, 6.07) is 8.18. The van der Waals surface area contributed by atoms with E-state index in [1.807, 2.05) is 6.92 Å². The third-order valence-electron chi connectivity index (χ3n) is 4.86. The van der Waals surface area contributed by atoms with Gasteiger partial charge in [-0.2, -0.15) is 0 Å². The third kappa shape index (κ3) is 21.2. The molecule has 0 amide bonds. The van der Waals surface area contributed by atoms with Crippen LogP contribution in [0.2, 0.25) is 0 Å². The van der Waals surface area contributed by atoms with Crippen LogP contribution < -0.4 is 114 Å². The predicted octanol–water partition coefficient (Wildman–Crippen LogP) is -3.81. The quantitative estimate of drug-likeness (QED) is 0.0667. The van der Waals surface area contributed by atoms with Gasteiger partial charge in [0.25, 0.3) is 6.47 Å². The first-order valence-corrected chi connectivity index (χ1v) is 11.1. The molecular weight excluding hydrogens is 595 g/mol. The van der Waals surface area contributed by atoms with Crippen molar-refractivity contribution in [3.05, 3.63) is 81.7 Å². The topological polar surface area (TPSA) is 199 Å². The maximum absolute atomic E-state index is 12.4. The van der Waals surface area contributed by atoms with Gasteiger partial charge in [0.05, 0.1) is 31.3 Å². The molecule has 214 valence electrons. The van der Waals surface area contributed by atoms with E-state index in [1.54, 1.807) is 25.1 Å². The Kier molecular flexibility index (Phi) is 30.3. The number of aliphatic carboxylic acids is 2. The van der Waals surface area contributed by atoms with Crippen LogP contribution in [-0.4, -0.2) is 57.1 Å². The first kappa shape index (κ1) is 46.8. The normalized spacial score (nSPS) is 11.8. The Balaban J connectivity index is -0.000000158. The predicted molar refractivity (Wildman–Crippen MR) is 137 cm³/mol. The third-order valence-corrected chi connectivity index (χ3v) is 4.86. The Hall–Kier alpha value is -1.13. The van der Waals surface area contributed by atoms with Crippen LogP contribution >= 0.6 is 0 Å². The largest absolute Gasteiger partial charge is 1.00 e. The molecule has 0 spiro atoms. The van der Waals surface area contributed by atoms with Gasteiger partial charge < -0.3 is 37.7 Å². The molecule has 0 fully saturated rings. The maximum Gasteiger partial charge on any atom is 1.00 e. The van der Waals surface area contributed by atoms with Crippen LogP contribution in [0.4, 0.5) is 15.8 Å². The smallest absolute Gasteiger partial charge is 1.00 e. The molecule has 0 aromatic heterocycles. The number of hydrogen-bond donors (Lipinski definition) is 5. The fourth-order valence-corrected chi connectivity index (χ4v) is 2.64. The minimum absolute atomic E-state index is 0. The zero-order valence-electron chi connectivity index (χ0n) is 24.7. The van der Waals surface area contributed by atoms with Crippen LogP contribution in [0.15, 0.2) is 36.4 Å². The standard InChI is InChI=1S/C13H15NO3.C8H6FN.C4H9NO3.CH2O3.2K.H/c1-8-6-10(4-5-12(8)14-3)7-11(9(2)15)13(16)17;1-6-5-7(9)3-4-8(6)10-2;1-2(6)3(5)4(7)8;2-1-4-3;;;/h4-6,9,11,15H,7H2,1-2H3,(H,16,17);3-5H,1H3;2-3,6H,5H2,1H3,(H,7,8);1,3H;;;/q;;;;2*+1;-1/p-1/t9-,11+;;2-,3+;;;;/m0.0..../s1. The number of carbonyl (C=O) groups is 3. The molecule has 0 aliphatic rings. The molecule has 2 aromatic carbocycles. The molecule has 6 N–H and O–H groups in total. The van der Waals surface area contributed by atoms with Crippen LogP contribution in [0.3, 0.4) is 0 Å². The summed E-state index contributed by atoms with van der Waals surface area (Å²) < 4.78 is 12.4. The number of rotatable bonds is 7. The summed E-state index contributed by atoms with van der Waals surface area (Å²) in [7, 11) is 0. The molecule has 0 unspecified atom stereocenters. The minimum Gasteiger partial charge on any atom is -1.00 e. The minimum atomic E-state index is -1.18. The SMILES string of the molecule is C[C@H](O)[C@@H](N)C(=O)O.O=CO[O-].[C-]#[N+]c1ccc(C[C@@H](C(=O)O)[C@H](C)O)cc1C.[C-]#[N+]c1ccc(F)cc1C.[H-].[K+].[K+]. The summed E-state index contributed by atoms with van der Waals surface area (Å²) in [5.41, 5.74) is 8.33. The van der Waals surface area contributed by atoms with Gasteiger partial charge in [-0.15, -0.1) is 0 Å². The second kappa shape index (κ2) is 26.5. The van der Waals surface area contributed by atoms with Crippen LogP contribution in [0.1, 0.15) is 32.0 Å². The monoisotopic (exact) mass is 627 g/mol. The van der Waals surface area contributed by atoms with E-state index in [2.05, 4.69) is 14.6 Å². The number of aliphatic hydroxyl groups is 2. The van der Waals surface area contributed by atoms with Crippen LogP contribution in [0.25, 0.3) is 9.69 Å². The van der Waals surface area contributed by atoms with E-state index < -0.39 is 36.1 Å². The van der Waals surface area contributed by atoms with Gasteiger partial charge in [-0.25, -0.2) is 14.1 Å². The van der Waals surface area contributed by atoms with E-state index in [4.69, 9.17) is 44.2 Å². The van der Waals surface area contributed by atoms with E-state index in [0.29, 0.717) is 16.9 Å². The van der Waals surface area contributed by atoms with Crippen molar-refractivity contribution >= 4 is 29.8 Å². The average molecular weight is 628 g/mol. The molecule has 4 atom stereocenters. The zero-order valence-corrected chi connectivity index (χ0v) is 30.0. The zero-order chi connectivity index (χ0) is 30.7. The van der Waals surface area contributed by atoms with Crippen molar-refractivity contribution in [2.75, 3.05) is 0 Å². The molecule has 2 aromatic rings. The van der Waals surface area contributed by atoms with E-state index in [0.717, 1.165) is 11.1 Å². The summed E-state index contributed by atoms with van der Waals surface area (Å²) >= 11 is 0. The van der Waals surface area contributed by atoms with E-state index in [9.17, 15) is 19.1 Å². The molecule has 0 saturated heterocycles. The fourth-order valence-electron chi connectivity index (χ4n) is 2.64. The Bertz CT molecular complexity index is 1180. The van der Waals surface area contributed by atoms with Gasteiger partial charge in [0.2, 0.25) is 0 Å². The first-order chi connectivity index (χ1) is 18.2. The van der Waals surface area contributed by atoms with Gasteiger partial charge in [-0.05, 0) is 62.9 Å². The van der Waals surface area contributed by atoms with Gasteiger partial charge >= 0.3 is 115 Å². The molecule has 0 saturated carbocycles. The molecule has 12 nitrogen and oxygen atoms in total. The van der Waals surface area contributed by atoms with Gasteiger partial charge in [0, 0.05) is 0 Å². The second-order valence-corrected chi connectivity index (χ2v) is 7.96. The molecule has 0 aliphatic heterocycles. The number of carbonyl (C=O) groups excluding carboxylic acids is 1. The fraction of sp³-hybridized carbons (Fsp3) is 0.346. The number of aryl methyl sites for hydroxylation is 2. The molecular formula is C26H32FK2N3O9. The van der Waals surface area contributed by atoms with Crippen molar-refractivity contribution in [3.63, 3.8) is 0 Å². The number of aliphatic hydroxyl groups excluding tert-OH is 2. The molecule has 41 heavy (non-hydrogen) atoms. The Morgan fingerprint density at radius 1 is 1.00 bits per heavy atom. The summed E-state index contributed by atoms with van der Waals surface area (Å²) in [4.78, 5) is 38.6. The molecule has 0 bridgehead atoms. The van der Waals surface area contributed by atoms with Gasteiger partial charge in [0.1, 0.15) is 11.9 Å². The van der Waals surface area contributed by atoms with Crippen molar-refractivity contribution in [1.29, 1.82) is 0 Å². The average Bonchev–Trinajstić information content (AvgIpc) is 2.87. The molecule has 2 rings (SSSR count). The second-order valence-electron chi connectivity index (χ2n) is 7.96. The van der Waals surface area contributed by atoms with E-state index in [-0.39, 0.29) is 123 Å². The van der Waals surface area contributed by atoms with Crippen molar-refractivity contribution in [2.24, 2.45) is 11.7 Å². The number of benzene rings is 2. The number of nitrogens with zero attached hydrogens (tertiary/aromatic N) is 2. The van der Waals surface area contributed by atoms with Gasteiger partial charge in [-0.1, -0.05) is 24.3 Å². The van der Waals surface area contributed by atoms with Crippen LogP contribution in [0.5, 0.6) is 0 Å². The molecule has 0 heterocycles. The number of nitrogens with two attached hydrogens (primary N) is 1. The number of halogens is 1. The van der Waals surface area contributed by atoms with Gasteiger partial charge in [-0.3, -0.25) is 14.4 Å². The molecule has 0 radical (unpaired) electrons. The van der Waals surface area contributed by atoms with Crippen LogP contribution in [-0.2, 0) is 25.7 Å². The van der Waals surface area contributed by atoms with Crippen molar-refractivity contribution < 1.29 is 154 Å². The Morgan fingerprint density at radius 3 is 1.71 bits per heavy atom. The van der Waals surface area contributed by atoms with Crippen molar-refractivity contribution in [3.8, 4) is 0 Å². The Morgan fingerprint density at radius 2 is 1.44 bits per heavy atom.